The zero-order valence-corrected chi connectivity index (χ0v) is 19.3. The summed E-state index contributed by atoms with van der Waals surface area (Å²) < 4.78 is 0. The molecule has 0 aliphatic heterocycles. The molecule has 0 atom stereocenters. The van der Waals surface area contributed by atoms with E-state index in [-0.39, 0.29) is 16.5 Å². The summed E-state index contributed by atoms with van der Waals surface area (Å²) >= 11 is 8.00. The van der Waals surface area contributed by atoms with E-state index in [0.717, 1.165) is 22.8 Å². The molecule has 0 fully saturated rings. The number of pyridine rings is 2. The fourth-order valence-electron chi connectivity index (χ4n) is 1.66. The largest absolute Gasteiger partial charge is 2.00 e. The quantitative estimate of drug-likeness (QED) is 0.174. The number of hydrogen-bond acceptors (Lipinski definition) is 4. The summed E-state index contributed by atoms with van der Waals surface area (Å²) in [5.74, 6) is 0. The maximum Gasteiger partial charge on any atom is 2.00 e. The molecule has 0 amide bonds. The van der Waals surface area contributed by atoms with Gasteiger partial charge in [0.15, 0.2) is 34.7 Å². The van der Waals surface area contributed by atoms with E-state index in [0.29, 0.717) is 10.2 Å². The fourth-order valence-corrected chi connectivity index (χ4v) is 1.76. The molecule has 0 radical (unpaired) electrons. The molecule has 0 bridgehead atoms. The SMILES string of the molecule is CNC(=[SH+])[N-]N=Cc1cccc(C)n1.CNC(=[SH+])[N-]N=Cc1cccc(C)n1.[Ni+2]. The van der Waals surface area contributed by atoms with Crippen LogP contribution in [0.15, 0.2) is 46.6 Å². The van der Waals surface area contributed by atoms with Crippen LogP contribution in [0.3, 0.4) is 0 Å². The molecule has 2 aromatic heterocycles. The molecule has 0 aliphatic rings. The van der Waals surface area contributed by atoms with Gasteiger partial charge >= 0.3 is 16.5 Å². The van der Waals surface area contributed by atoms with Crippen LogP contribution in [0.4, 0.5) is 0 Å². The van der Waals surface area contributed by atoms with Gasteiger partial charge in [0.05, 0.1) is 11.4 Å². The van der Waals surface area contributed by atoms with Crippen LogP contribution >= 0.6 is 0 Å². The first kappa shape index (κ1) is 26.8. The summed E-state index contributed by atoms with van der Waals surface area (Å²) in [5.41, 5.74) is 11.0. The van der Waals surface area contributed by atoms with Crippen molar-refractivity contribution in [2.45, 2.75) is 13.8 Å². The first-order valence-electron chi connectivity index (χ1n) is 8.27. The van der Waals surface area contributed by atoms with E-state index in [1.165, 1.54) is 0 Å². The topological polar surface area (TPSA) is 103 Å². The predicted molar refractivity (Wildman–Crippen MR) is 126 cm³/mol. The van der Waals surface area contributed by atoms with Gasteiger partial charge in [-0.05, 0) is 52.2 Å². The van der Waals surface area contributed by atoms with Gasteiger partial charge in [-0.15, -0.1) is 0 Å². The number of thiol groups is 2. The van der Waals surface area contributed by atoms with Gasteiger partial charge in [-0.1, -0.05) is 12.1 Å². The Morgan fingerprint density at radius 1 is 0.828 bits per heavy atom. The average Bonchev–Trinajstić information content (AvgIpc) is 2.68. The number of aromatic nitrogens is 2. The summed E-state index contributed by atoms with van der Waals surface area (Å²) in [4.78, 5) is 8.46. The Morgan fingerprint density at radius 2 is 1.21 bits per heavy atom. The third-order valence-electron chi connectivity index (χ3n) is 2.95. The van der Waals surface area contributed by atoms with Crippen molar-refractivity contribution in [1.82, 2.24) is 20.6 Å². The van der Waals surface area contributed by atoms with Crippen LogP contribution in [0.2, 0.25) is 0 Å². The Hall–Kier alpha value is -2.17. The van der Waals surface area contributed by atoms with Crippen molar-refractivity contribution < 1.29 is 16.5 Å². The average molecular weight is 475 g/mol. The molecule has 2 rings (SSSR count). The first-order valence-corrected chi connectivity index (χ1v) is 9.17. The molecular formula is C18H24N8NiS2+2. The summed E-state index contributed by atoms with van der Waals surface area (Å²) in [5, 5.41) is 14.0. The van der Waals surface area contributed by atoms with Crippen molar-refractivity contribution in [3.63, 3.8) is 0 Å². The summed E-state index contributed by atoms with van der Waals surface area (Å²) in [6.07, 6.45) is 3.17. The van der Waals surface area contributed by atoms with E-state index < -0.39 is 0 Å². The summed E-state index contributed by atoms with van der Waals surface area (Å²) in [6.45, 7) is 3.86. The molecule has 8 nitrogen and oxygen atoms in total. The van der Waals surface area contributed by atoms with Gasteiger partial charge in [-0.2, -0.15) is 0 Å². The van der Waals surface area contributed by atoms with Crippen molar-refractivity contribution in [2.24, 2.45) is 10.2 Å². The van der Waals surface area contributed by atoms with Gasteiger partial charge in [0.2, 0.25) is 0 Å². The molecule has 0 unspecified atom stereocenters. The summed E-state index contributed by atoms with van der Waals surface area (Å²) in [6, 6.07) is 11.4. The Kier molecular flexibility index (Phi) is 14.5. The zero-order valence-electron chi connectivity index (χ0n) is 16.5. The minimum atomic E-state index is 0. The van der Waals surface area contributed by atoms with Gasteiger partial charge < -0.3 is 21.1 Å². The van der Waals surface area contributed by atoms with E-state index >= 15 is 0 Å². The summed E-state index contributed by atoms with van der Waals surface area (Å²) in [7, 11) is 3.46. The van der Waals surface area contributed by atoms with Gasteiger partial charge in [-0.25, -0.2) is 0 Å². The second kappa shape index (κ2) is 15.7. The standard InChI is InChI=1S/2C9H12N4S.Ni/c2*1-7-4-3-5-8(12-7)6-11-13-9(14)10-2;/h2*3-6H,1-2H3,(H2,10,12,13,14);/q;;+2. The van der Waals surface area contributed by atoms with Crippen LogP contribution in [-0.2, 0) is 40.9 Å². The van der Waals surface area contributed by atoms with Crippen molar-refractivity contribution in [1.29, 1.82) is 0 Å². The fraction of sp³-hybridized carbons (Fsp3) is 0.222. The molecule has 0 saturated heterocycles. The van der Waals surface area contributed by atoms with Crippen LogP contribution in [-0.4, -0.2) is 46.7 Å². The van der Waals surface area contributed by atoms with Crippen LogP contribution in [0.5, 0.6) is 0 Å². The third kappa shape index (κ3) is 12.8. The second-order valence-electron chi connectivity index (χ2n) is 5.24. The van der Waals surface area contributed by atoms with Gasteiger partial charge in [0.1, 0.15) is 0 Å². The Bertz CT molecular complexity index is 773. The first-order chi connectivity index (χ1) is 13.4. The molecule has 156 valence electrons. The van der Waals surface area contributed by atoms with E-state index in [2.05, 4.69) is 66.1 Å². The second-order valence-corrected chi connectivity index (χ2v) is 6.09. The predicted octanol–water partition coefficient (Wildman–Crippen LogP) is 1.36. The number of hydrogen-bond donors (Lipinski definition) is 2. The number of aryl methyl sites for hydroxylation is 2. The Balaban J connectivity index is 0.000000523. The molecule has 29 heavy (non-hydrogen) atoms. The number of rotatable bonds is 4. The van der Waals surface area contributed by atoms with Crippen LogP contribution in [0.1, 0.15) is 22.8 Å². The molecule has 0 spiro atoms. The molecule has 2 heterocycles. The Labute approximate surface area is 192 Å². The Morgan fingerprint density at radius 3 is 1.52 bits per heavy atom. The van der Waals surface area contributed by atoms with Crippen molar-refractivity contribution in [3.05, 3.63) is 70.0 Å². The van der Waals surface area contributed by atoms with Crippen molar-refractivity contribution in [3.8, 4) is 0 Å². The maximum atomic E-state index is 4.23. The maximum absolute atomic E-state index is 4.23. The van der Waals surface area contributed by atoms with Gasteiger partial charge in [0, 0.05) is 23.8 Å². The van der Waals surface area contributed by atoms with E-state index in [1.807, 2.05) is 50.2 Å². The number of nitrogens with one attached hydrogen (secondary N) is 2. The van der Waals surface area contributed by atoms with Gasteiger partial charge in [-0.3, -0.25) is 20.6 Å². The van der Waals surface area contributed by atoms with Crippen LogP contribution < -0.4 is 10.6 Å². The minimum Gasteiger partial charge on any atom is -0.515 e. The molecular weight excluding hydrogens is 451 g/mol. The molecule has 2 aromatic rings. The van der Waals surface area contributed by atoms with Crippen LogP contribution in [0, 0.1) is 13.8 Å². The molecule has 11 heteroatoms. The van der Waals surface area contributed by atoms with Crippen molar-refractivity contribution in [2.75, 3.05) is 14.1 Å². The zero-order chi connectivity index (χ0) is 20.8. The van der Waals surface area contributed by atoms with Crippen LogP contribution in [0.25, 0.3) is 10.9 Å². The third-order valence-corrected chi connectivity index (χ3v) is 3.58. The normalized spacial score (nSPS) is 10.1. The van der Waals surface area contributed by atoms with Crippen molar-refractivity contribution >= 4 is 47.1 Å². The monoisotopic (exact) mass is 474 g/mol. The smallest absolute Gasteiger partial charge is 0.515 e. The van der Waals surface area contributed by atoms with E-state index in [1.54, 1.807) is 26.5 Å². The van der Waals surface area contributed by atoms with E-state index in [4.69, 9.17) is 0 Å². The van der Waals surface area contributed by atoms with E-state index in [9.17, 15) is 0 Å². The molecule has 0 aliphatic carbocycles. The molecule has 0 saturated carbocycles. The number of nitrogens with zero attached hydrogens (tertiary/aromatic N) is 6. The molecule has 2 N–H and O–H groups in total. The molecule has 0 aromatic carbocycles. The minimum absolute atomic E-state index is 0. The van der Waals surface area contributed by atoms with Gasteiger partial charge in [0.25, 0.3) is 0 Å².